The van der Waals surface area contributed by atoms with Crippen LogP contribution in [0.15, 0.2) is 24.3 Å². The second-order valence-corrected chi connectivity index (χ2v) is 4.24. The van der Waals surface area contributed by atoms with Crippen LogP contribution < -0.4 is 5.73 Å². The number of H-pyrrole nitrogens is 1. The number of rotatable bonds is 0. The summed E-state index contributed by atoms with van der Waals surface area (Å²) in [6.07, 6.45) is 3.53. The van der Waals surface area contributed by atoms with Gasteiger partial charge >= 0.3 is 0 Å². The van der Waals surface area contributed by atoms with Crippen molar-refractivity contribution >= 4 is 10.9 Å². The van der Waals surface area contributed by atoms with Crippen LogP contribution in [-0.2, 0) is 12.8 Å². The van der Waals surface area contributed by atoms with Crippen molar-refractivity contribution in [3.05, 3.63) is 35.5 Å². The van der Waals surface area contributed by atoms with Gasteiger partial charge in [0.25, 0.3) is 0 Å². The van der Waals surface area contributed by atoms with Crippen molar-refractivity contribution in [3.8, 4) is 0 Å². The van der Waals surface area contributed by atoms with Crippen molar-refractivity contribution in [1.29, 1.82) is 0 Å². The summed E-state index contributed by atoms with van der Waals surface area (Å²) in [5.74, 6) is 0. The Morgan fingerprint density at radius 2 is 2.14 bits per heavy atom. The molecule has 0 amide bonds. The van der Waals surface area contributed by atoms with Gasteiger partial charge in [-0.1, -0.05) is 18.2 Å². The van der Waals surface area contributed by atoms with Gasteiger partial charge in [-0.15, -0.1) is 0 Å². The van der Waals surface area contributed by atoms with Crippen molar-refractivity contribution in [2.24, 2.45) is 0 Å². The first kappa shape index (κ1) is 8.06. The van der Waals surface area contributed by atoms with E-state index in [0.29, 0.717) is 6.04 Å². The first-order chi connectivity index (χ1) is 6.84. The number of aromatic amines is 1. The van der Waals surface area contributed by atoms with Gasteiger partial charge in [0.15, 0.2) is 0 Å². The largest absolute Gasteiger partial charge is 0.358 e. The molecule has 2 aromatic rings. The molecular weight excluding hydrogens is 172 g/mol. The van der Waals surface area contributed by atoms with E-state index < -0.39 is 0 Å². The lowest BCUT2D eigenvalue weighted by Crippen LogP contribution is -2.62. The van der Waals surface area contributed by atoms with Gasteiger partial charge in [0, 0.05) is 29.4 Å². The third-order valence-corrected chi connectivity index (χ3v) is 3.20. The lowest BCUT2D eigenvalue weighted by atomic mass is 9.92. The molecule has 0 saturated heterocycles. The Labute approximate surface area is 83.1 Å². The molecule has 72 valence electrons. The highest BCUT2D eigenvalue weighted by atomic mass is 14.7. The normalized spacial score (nSPS) is 21.1. The van der Waals surface area contributed by atoms with Crippen LogP contribution >= 0.6 is 0 Å². The smallest absolute Gasteiger partial charge is 0.0889 e. The second-order valence-electron chi connectivity index (χ2n) is 4.24. The molecule has 1 aromatic carbocycles. The zero-order chi connectivity index (χ0) is 9.54. The van der Waals surface area contributed by atoms with E-state index in [1.807, 2.05) is 0 Å². The third-order valence-electron chi connectivity index (χ3n) is 3.20. The van der Waals surface area contributed by atoms with Crippen LogP contribution in [-0.4, -0.2) is 11.0 Å². The van der Waals surface area contributed by atoms with Gasteiger partial charge in [0.2, 0.25) is 0 Å². The molecule has 4 N–H and O–H groups in total. The molecule has 0 radical (unpaired) electrons. The summed E-state index contributed by atoms with van der Waals surface area (Å²) in [4.78, 5) is 3.51. The fourth-order valence-electron chi connectivity index (χ4n) is 2.44. The summed E-state index contributed by atoms with van der Waals surface area (Å²) < 4.78 is 0. The Morgan fingerprint density at radius 1 is 1.29 bits per heavy atom. The van der Waals surface area contributed by atoms with E-state index in [0.717, 1.165) is 12.8 Å². The van der Waals surface area contributed by atoms with E-state index in [1.54, 1.807) is 0 Å². The van der Waals surface area contributed by atoms with E-state index in [2.05, 4.69) is 35.0 Å². The van der Waals surface area contributed by atoms with Gasteiger partial charge in [-0.25, -0.2) is 0 Å². The highest BCUT2D eigenvalue weighted by molar-refractivity contribution is 5.84. The number of nitrogens with one attached hydrogen (secondary N) is 1. The molecule has 1 aliphatic carbocycles. The molecule has 3 rings (SSSR count). The average molecular weight is 187 g/mol. The summed E-state index contributed by atoms with van der Waals surface area (Å²) in [6.45, 7) is 0. The summed E-state index contributed by atoms with van der Waals surface area (Å²) in [7, 11) is 0. The SMILES string of the molecule is [NH3+][C@H]1CCc2[nH]c3ccccc3c2C1. The minimum absolute atomic E-state index is 0.599. The predicted molar refractivity (Wildman–Crippen MR) is 57.0 cm³/mol. The first-order valence-electron chi connectivity index (χ1n) is 5.26. The molecule has 2 heteroatoms. The fraction of sp³-hybridized carbons (Fsp3) is 0.333. The Balaban J connectivity index is 2.25. The van der Waals surface area contributed by atoms with Crippen LogP contribution in [0.25, 0.3) is 10.9 Å². The maximum Gasteiger partial charge on any atom is 0.0889 e. The molecule has 0 bridgehead atoms. The van der Waals surface area contributed by atoms with Crippen LogP contribution in [0.4, 0.5) is 0 Å². The first-order valence-corrected chi connectivity index (χ1v) is 5.26. The number of fused-ring (bicyclic) bond motifs is 3. The number of aryl methyl sites for hydroxylation is 1. The van der Waals surface area contributed by atoms with Crippen LogP contribution in [0, 0.1) is 0 Å². The minimum atomic E-state index is 0.599. The predicted octanol–water partition coefficient (Wildman–Crippen LogP) is 1.27. The van der Waals surface area contributed by atoms with Crippen molar-refractivity contribution in [2.45, 2.75) is 25.3 Å². The third kappa shape index (κ3) is 1.07. The average Bonchev–Trinajstić information content (AvgIpc) is 2.56. The molecule has 1 heterocycles. The number of hydrogen-bond donors (Lipinski definition) is 2. The lowest BCUT2D eigenvalue weighted by Gasteiger charge is -2.15. The highest BCUT2D eigenvalue weighted by Crippen LogP contribution is 2.27. The molecular formula is C12H15N2+. The number of aromatic nitrogens is 1. The Bertz CT molecular complexity index is 470. The molecule has 0 spiro atoms. The molecule has 1 atom stereocenters. The van der Waals surface area contributed by atoms with E-state index in [1.165, 1.54) is 28.6 Å². The second kappa shape index (κ2) is 2.85. The number of para-hydroxylation sites is 1. The molecule has 0 unspecified atom stereocenters. The molecule has 1 aliphatic rings. The van der Waals surface area contributed by atoms with Gasteiger partial charge in [0.05, 0.1) is 6.04 Å². The van der Waals surface area contributed by atoms with Gasteiger partial charge in [-0.2, -0.15) is 0 Å². The van der Waals surface area contributed by atoms with Gasteiger partial charge in [-0.3, -0.25) is 0 Å². The fourth-order valence-corrected chi connectivity index (χ4v) is 2.44. The van der Waals surface area contributed by atoms with Gasteiger partial charge in [0.1, 0.15) is 0 Å². The van der Waals surface area contributed by atoms with Crippen molar-refractivity contribution in [2.75, 3.05) is 0 Å². The summed E-state index contributed by atoms with van der Waals surface area (Å²) in [5, 5.41) is 1.40. The minimum Gasteiger partial charge on any atom is -0.358 e. The zero-order valence-electron chi connectivity index (χ0n) is 8.22. The van der Waals surface area contributed by atoms with Crippen LogP contribution in [0.5, 0.6) is 0 Å². The van der Waals surface area contributed by atoms with Gasteiger partial charge in [-0.05, 0) is 18.1 Å². The molecule has 14 heavy (non-hydrogen) atoms. The quantitative estimate of drug-likeness (QED) is 0.624. The lowest BCUT2D eigenvalue weighted by molar-refractivity contribution is -0.421. The maximum atomic E-state index is 4.17. The Kier molecular flexibility index (Phi) is 1.64. The molecule has 0 saturated carbocycles. The molecule has 1 aromatic heterocycles. The van der Waals surface area contributed by atoms with Crippen molar-refractivity contribution < 1.29 is 5.73 Å². The van der Waals surface area contributed by atoms with Crippen LogP contribution in [0.3, 0.4) is 0 Å². The highest BCUT2D eigenvalue weighted by Gasteiger charge is 2.21. The van der Waals surface area contributed by atoms with E-state index in [9.17, 15) is 0 Å². The van der Waals surface area contributed by atoms with E-state index in [4.69, 9.17) is 0 Å². The van der Waals surface area contributed by atoms with Crippen molar-refractivity contribution in [1.82, 2.24) is 4.98 Å². The number of quaternary nitrogens is 1. The van der Waals surface area contributed by atoms with E-state index >= 15 is 0 Å². The number of benzene rings is 1. The van der Waals surface area contributed by atoms with Crippen molar-refractivity contribution in [3.63, 3.8) is 0 Å². The summed E-state index contributed by atoms with van der Waals surface area (Å²) in [6, 6.07) is 9.17. The molecule has 2 nitrogen and oxygen atoms in total. The Morgan fingerprint density at radius 3 is 3.07 bits per heavy atom. The summed E-state index contributed by atoms with van der Waals surface area (Å²) in [5.41, 5.74) is 8.40. The number of hydrogen-bond acceptors (Lipinski definition) is 0. The van der Waals surface area contributed by atoms with Crippen LogP contribution in [0.1, 0.15) is 17.7 Å². The monoisotopic (exact) mass is 187 g/mol. The standard InChI is InChI=1S/C12H14N2/c13-8-5-6-12-10(7-8)9-3-1-2-4-11(9)14-12/h1-4,8,14H,5-7,13H2/p+1/t8-/m0/s1. The Hall–Kier alpha value is -1.28. The summed E-state index contributed by atoms with van der Waals surface area (Å²) >= 11 is 0. The zero-order valence-corrected chi connectivity index (χ0v) is 8.22. The van der Waals surface area contributed by atoms with Gasteiger partial charge < -0.3 is 10.7 Å². The topological polar surface area (TPSA) is 43.4 Å². The molecule has 0 fully saturated rings. The van der Waals surface area contributed by atoms with E-state index in [-0.39, 0.29) is 0 Å². The maximum absolute atomic E-state index is 4.17. The van der Waals surface area contributed by atoms with Crippen LogP contribution in [0.2, 0.25) is 0 Å². The molecule has 0 aliphatic heterocycles.